The number of carbonyl (C=O) groups is 1. The van der Waals surface area contributed by atoms with E-state index < -0.39 is 6.09 Å². The zero-order valence-corrected chi connectivity index (χ0v) is 7.58. The van der Waals surface area contributed by atoms with Crippen LogP contribution in [0.1, 0.15) is 32.6 Å². The van der Waals surface area contributed by atoms with Crippen molar-refractivity contribution in [3.05, 3.63) is 12.2 Å². The predicted octanol–water partition coefficient (Wildman–Crippen LogP) is 2.22. The van der Waals surface area contributed by atoms with E-state index >= 15 is 0 Å². The van der Waals surface area contributed by atoms with Crippen molar-refractivity contribution < 1.29 is 9.53 Å². The van der Waals surface area contributed by atoms with Crippen LogP contribution >= 0.6 is 0 Å². The molecule has 0 bridgehead atoms. The number of nitrogens with two attached hydrogens (primary N) is 1. The Labute approximate surface area is 73.6 Å². The van der Waals surface area contributed by atoms with E-state index in [0.29, 0.717) is 6.61 Å². The van der Waals surface area contributed by atoms with E-state index in [0.717, 1.165) is 6.42 Å². The molecule has 3 heteroatoms. The zero-order valence-electron chi connectivity index (χ0n) is 7.58. The molecular formula is C9H17NO2. The van der Waals surface area contributed by atoms with E-state index in [2.05, 4.69) is 11.7 Å². The maximum atomic E-state index is 10.1. The summed E-state index contributed by atoms with van der Waals surface area (Å²) in [5.41, 5.74) is 4.76. The molecule has 0 aromatic heterocycles. The first-order valence-electron chi connectivity index (χ1n) is 4.34. The van der Waals surface area contributed by atoms with Gasteiger partial charge < -0.3 is 10.5 Å². The zero-order chi connectivity index (χ0) is 9.23. The summed E-state index contributed by atoms with van der Waals surface area (Å²) in [4.78, 5) is 10.1. The third-order valence-electron chi connectivity index (χ3n) is 1.46. The van der Waals surface area contributed by atoms with Crippen LogP contribution in [0.3, 0.4) is 0 Å². The van der Waals surface area contributed by atoms with E-state index in [4.69, 9.17) is 5.73 Å². The van der Waals surface area contributed by atoms with Crippen molar-refractivity contribution in [1.29, 1.82) is 0 Å². The van der Waals surface area contributed by atoms with Gasteiger partial charge in [0.15, 0.2) is 0 Å². The van der Waals surface area contributed by atoms with Gasteiger partial charge in [0.1, 0.15) is 6.61 Å². The average Bonchev–Trinajstić information content (AvgIpc) is 2.02. The van der Waals surface area contributed by atoms with E-state index in [1.54, 1.807) is 0 Å². The van der Waals surface area contributed by atoms with Crippen LogP contribution in [0.2, 0.25) is 0 Å². The fourth-order valence-electron chi connectivity index (χ4n) is 0.828. The highest BCUT2D eigenvalue weighted by Crippen LogP contribution is 1.99. The molecule has 12 heavy (non-hydrogen) atoms. The second-order valence-corrected chi connectivity index (χ2v) is 2.60. The molecule has 0 atom stereocenters. The molecule has 0 saturated heterocycles. The Balaban J connectivity index is 3.09. The molecule has 0 aliphatic rings. The molecule has 0 heterocycles. The Bertz CT molecular complexity index is 143. The van der Waals surface area contributed by atoms with Crippen molar-refractivity contribution in [3.8, 4) is 0 Å². The van der Waals surface area contributed by atoms with Crippen LogP contribution in [-0.2, 0) is 4.74 Å². The standard InChI is InChI=1S/C9H17NO2/c1-2-3-4-5-6-7-8-12-9(10)11/h6-7H,2-5,8H2,1H3,(H2,10,11). The Morgan fingerprint density at radius 1 is 1.42 bits per heavy atom. The summed E-state index contributed by atoms with van der Waals surface area (Å²) in [5.74, 6) is 0. The number of amides is 1. The second kappa shape index (κ2) is 8.11. The number of carbonyl (C=O) groups excluding carboxylic acids is 1. The highest BCUT2D eigenvalue weighted by Gasteiger charge is 1.87. The number of unbranched alkanes of at least 4 members (excludes halogenated alkanes) is 3. The molecule has 0 aliphatic carbocycles. The summed E-state index contributed by atoms with van der Waals surface area (Å²) in [7, 11) is 0. The Kier molecular flexibility index (Phi) is 7.44. The molecule has 2 N–H and O–H groups in total. The number of hydrogen-bond acceptors (Lipinski definition) is 2. The van der Waals surface area contributed by atoms with Gasteiger partial charge in [0.05, 0.1) is 0 Å². The fourth-order valence-corrected chi connectivity index (χ4v) is 0.828. The smallest absolute Gasteiger partial charge is 0.404 e. The molecule has 3 nitrogen and oxygen atoms in total. The molecule has 0 aromatic rings. The van der Waals surface area contributed by atoms with Gasteiger partial charge in [0.2, 0.25) is 0 Å². The molecule has 0 saturated carbocycles. The summed E-state index contributed by atoms with van der Waals surface area (Å²) < 4.78 is 4.50. The summed E-state index contributed by atoms with van der Waals surface area (Å²) in [6.07, 6.45) is 7.85. The monoisotopic (exact) mass is 171 g/mol. The molecule has 0 unspecified atom stereocenters. The Morgan fingerprint density at radius 3 is 2.75 bits per heavy atom. The first kappa shape index (κ1) is 11.0. The van der Waals surface area contributed by atoms with Crippen LogP contribution in [0.5, 0.6) is 0 Å². The molecule has 70 valence electrons. The Morgan fingerprint density at radius 2 is 2.17 bits per heavy atom. The van der Waals surface area contributed by atoms with Crippen LogP contribution in [0, 0.1) is 0 Å². The first-order chi connectivity index (χ1) is 5.77. The largest absolute Gasteiger partial charge is 0.445 e. The lowest BCUT2D eigenvalue weighted by Crippen LogP contribution is -2.12. The third-order valence-corrected chi connectivity index (χ3v) is 1.46. The molecular weight excluding hydrogens is 154 g/mol. The van der Waals surface area contributed by atoms with Crippen LogP contribution in [0.4, 0.5) is 4.79 Å². The number of primary amides is 1. The lowest BCUT2D eigenvalue weighted by molar-refractivity contribution is 0.169. The second-order valence-electron chi connectivity index (χ2n) is 2.60. The van der Waals surface area contributed by atoms with Crippen molar-refractivity contribution >= 4 is 6.09 Å². The summed E-state index contributed by atoms with van der Waals surface area (Å²) in [5, 5.41) is 0. The van der Waals surface area contributed by atoms with Gasteiger partial charge in [-0.25, -0.2) is 4.79 Å². The number of rotatable bonds is 6. The minimum absolute atomic E-state index is 0.293. The molecule has 0 aliphatic heterocycles. The van der Waals surface area contributed by atoms with Crippen LogP contribution in [-0.4, -0.2) is 12.7 Å². The highest BCUT2D eigenvalue weighted by molar-refractivity contribution is 5.64. The van der Waals surface area contributed by atoms with Crippen LogP contribution in [0.15, 0.2) is 12.2 Å². The number of hydrogen-bond donors (Lipinski definition) is 1. The average molecular weight is 171 g/mol. The van der Waals surface area contributed by atoms with E-state index in [9.17, 15) is 4.79 Å². The first-order valence-corrected chi connectivity index (χ1v) is 4.34. The van der Waals surface area contributed by atoms with Crippen molar-refractivity contribution in [2.45, 2.75) is 32.6 Å². The van der Waals surface area contributed by atoms with Gasteiger partial charge in [-0.05, 0) is 12.8 Å². The predicted molar refractivity (Wildman–Crippen MR) is 48.8 cm³/mol. The molecule has 0 rings (SSSR count). The minimum Gasteiger partial charge on any atom is -0.445 e. The van der Waals surface area contributed by atoms with Gasteiger partial charge in [0, 0.05) is 0 Å². The fraction of sp³-hybridized carbons (Fsp3) is 0.667. The van der Waals surface area contributed by atoms with Gasteiger partial charge >= 0.3 is 6.09 Å². The summed E-state index contributed by atoms with van der Waals surface area (Å²) >= 11 is 0. The summed E-state index contributed by atoms with van der Waals surface area (Å²) in [6, 6.07) is 0. The van der Waals surface area contributed by atoms with Gasteiger partial charge in [-0.2, -0.15) is 0 Å². The lowest BCUT2D eigenvalue weighted by atomic mass is 10.2. The molecule has 0 aromatic carbocycles. The normalized spacial score (nSPS) is 10.4. The number of ether oxygens (including phenoxy) is 1. The topological polar surface area (TPSA) is 52.3 Å². The van der Waals surface area contributed by atoms with Crippen molar-refractivity contribution in [2.75, 3.05) is 6.61 Å². The molecule has 0 spiro atoms. The van der Waals surface area contributed by atoms with Gasteiger partial charge in [-0.3, -0.25) is 0 Å². The van der Waals surface area contributed by atoms with Crippen molar-refractivity contribution in [3.63, 3.8) is 0 Å². The van der Waals surface area contributed by atoms with Crippen LogP contribution < -0.4 is 5.73 Å². The SMILES string of the molecule is CCCCCC=CCOC(N)=O. The van der Waals surface area contributed by atoms with Gasteiger partial charge in [0.25, 0.3) is 0 Å². The maximum absolute atomic E-state index is 10.1. The van der Waals surface area contributed by atoms with Crippen molar-refractivity contribution in [2.24, 2.45) is 5.73 Å². The summed E-state index contributed by atoms with van der Waals surface area (Å²) in [6.45, 7) is 2.46. The minimum atomic E-state index is -0.715. The Hall–Kier alpha value is -0.990. The highest BCUT2D eigenvalue weighted by atomic mass is 16.5. The van der Waals surface area contributed by atoms with Gasteiger partial charge in [-0.1, -0.05) is 31.9 Å². The third kappa shape index (κ3) is 9.01. The quantitative estimate of drug-likeness (QED) is 0.492. The molecule has 0 radical (unpaired) electrons. The number of allylic oxidation sites excluding steroid dienone is 1. The molecule has 0 fully saturated rings. The van der Waals surface area contributed by atoms with E-state index in [-0.39, 0.29) is 0 Å². The van der Waals surface area contributed by atoms with Gasteiger partial charge in [-0.15, -0.1) is 0 Å². The lowest BCUT2D eigenvalue weighted by Gasteiger charge is -1.94. The van der Waals surface area contributed by atoms with E-state index in [1.807, 2.05) is 12.2 Å². The van der Waals surface area contributed by atoms with Crippen LogP contribution in [0.25, 0.3) is 0 Å². The van der Waals surface area contributed by atoms with Crippen molar-refractivity contribution in [1.82, 2.24) is 0 Å². The maximum Gasteiger partial charge on any atom is 0.404 e. The molecule has 1 amide bonds. The van der Waals surface area contributed by atoms with E-state index in [1.165, 1.54) is 19.3 Å².